The zero-order valence-electron chi connectivity index (χ0n) is 13.1. The summed E-state index contributed by atoms with van der Waals surface area (Å²) < 4.78 is 0.330. The molecule has 0 bridgehead atoms. The van der Waals surface area contributed by atoms with Crippen molar-refractivity contribution in [2.45, 2.75) is 38.5 Å². The Morgan fingerprint density at radius 3 is 1.43 bits per heavy atom. The van der Waals surface area contributed by atoms with Crippen LogP contribution in [0, 0.1) is 0 Å². The first-order valence-corrected chi connectivity index (χ1v) is 6.60. The summed E-state index contributed by atoms with van der Waals surface area (Å²) in [5.74, 6) is -2.12. The molecule has 21 heavy (non-hydrogen) atoms. The van der Waals surface area contributed by atoms with Gasteiger partial charge in [-0.3, -0.25) is 0 Å². The van der Waals surface area contributed by atoms with Gasteiger partial charge in [-0.05, 0) is 38.5 Å². The first-order chi connectivity index (χ1) is 8.43. The van der Waals surface area contributed by atoms with Crippen molar-refractivity contribution in [3.05, 3.63) is 0 Å². The summed E-state index contributed by atoms with van der Waals surface area (Å²) in [6.07, 6.45) is 2.45. The predicted octanol–water partition coefficient (Wildman–Crippen LogP) is -10.0. The van der Waals surface area contributed by atoms with E-state index in [4.69, 9.17) is 24.8 Å². The number of carbonyl (C=O) groups excluding carboxylic acids is 2. The van der Waals surface area contributed by atoms with Crippen molar-refractivity contribution in [2.75, 3.05) is 13.1 Å². The molecule has 0 spiro atoms. The van der Waals surface area contributed by atoms with Crippen LogP contribution in [0.25, 0.3) is 0 Å². The third-order valence-corrected chi connectivity index (χ3v) is 2.89. The number of carboxylic acid groups (broad SMARTS) is 2. The maximum absolute atomic E-state index is 10.2. The molecule has 0 fully saturated rings. The van der Waals surface area contributed by atoms with Crippen LogP contribution >= 0.6 is 12.2 Å². The Morgan fingerprint density at radius 1 is 0.857 bits per heavy atom. The molecule has 0 aliphatic heterocycles. The van der Waals surface area contributed by atoms with Crippen molar-refractivity contribution in [1.82, 2.24) is 4.90 Å². The van der Waals surface area contributed by atoms with Gasteiger partial charge in [-0.15, -0.1) is 0 Å². The molecule has 0 unspecified atom stereocenters. The Bertz CT molecular complexity index is 287. The van der Waals surface area contributed by atoms with E-state index in [9.17, 15) is 19.8 Å². The molecule has 0 amide bonds. The van der Waals surface area contributed by atoms with E-state index < -0.39 is 11.9 Å². The number of thiocarbonyl (C=S) groups is 1. The van der Waals surface area contributed by atoms with Gasteiger partial charge in [0, 0.05) is 25.0 Å². The minimum absolute atomic E-state index is 0. The Morgan fingerprint density at radius 2 is 1.19 bits per heavy atom. The molecular formula is C11H16K3NO4S2. The van der Waals surface area contributed by atoms with E-state index >= 15 is 0 Å². The number of hydrogen-bond acceptors (Lipinski definition) is 6. The van der Waals surface area contributed by atoms with Crippen LogP contribution in [0.5, 0.6) is 0 Å². The summed E-state index contributed by atoms with van der Waals surface area (Å²) >= 11 is 9.81. The van der Waals surface area contributed by atoms with Crippen molar-refractivity contribution < 1.29 is 174 Å². The van der Waals surface area contributed by atoms with Gasteiger partial charge in [0.1, 0.15) is 0 Å². The molecule has 0 aromatic carbocycles. The number of unbranched alkanes of at least 4 members (excludes halogenated alkanes) is 2. The van der Waals surface area contributed by atoms with Crippen LogP contribution in [0.4, 0.5) is 0 Å². The van der Waals surface area contributed by atoms with Gasteiger partial charge in [0.05, 0.1) is 0 Å². The van der Waals surface area contributed by atoms with Crippen LogP contribution in [0.15, 0.2) is 0 Å². The van der Waals surface area contributed by atoms with Gasteiger partial charge in [-0.25, -0.2) is 0 Å². The molecule has 0 saturated heterocycles. The third-order valence-electron chi connectivity index (χ3n) is 2.38. The second-order valence-corrected chi connectivity index (χ2v) is 4.94. The Hall–Kier alpha value is 3.96. The van der Waals surface area contributed by atoms with E-state index in [0.29, 0.717) is 43.1 Å². The fourth-order valence-electron chi connectivity index (χ4n) is 1.44. The molecule has 0 radical (unpaired) electrons. The summed E-state index contributed by atoms with van der Waals surface area (Å²) in [4.78, 5) is 22.2. The number of carbonyl (C=O) groups is 2. The predicted molar refractivity (Wildman–Crippen MR) is 69.3 cm³/mol. The monoisotopic (exact) mass is 407 g/mol. The van der Waals surface area contributed by atoms with Crippen LogP contribution in [0.1, 0.15) is 38.5 Å². The zero-order chi connectivity index (χ0) is 14.0. The minimum atomic E-state index is -1.06. The van der Waals surface area contributed by atoms with Crippen LogP contribution in [-0.4, -0.2) is 34.2 Å². The SMILES string of the molecule is O=C([O-])CCCCN(CCCCC(=O)[O-])C(=S)[S-].[K+].[K+].[K+]. The summed E-state index contributed by atoms with van der Waals surface area (Å²) in [7, 11) is 0. The first-order valence-electron chi connectivity index (χ1n) is 5.79. The number of carboxylic acids is 2. The fourth-order valence-corrected chi connectivity index (χ4v) is 1.80. The average molecular weight is 408 g/mol. The maximum atomic E-state index is 10.2. The molecule has 0 rings (SSSR count). The van der Waals surface area contributed by atoms with Gasteiger partial charge in [0.15, 0.2) is 0 Å². The molecule has 0 aliphatic rings. The van der Waals surface area contributed by atoms with Crippen LogP contribution in [0.3, 0.4) is 0 Å². The Balaban J connectivity index is -0.000000482. The summed E-state index contributed by atoms with van der Waals surface area (Å²) in [5, 5.41) is 20.4. The van der Waals surface area contributed by atoms with Crippen molar-refractivity contribution in [1.29, 1.82) is 0 Å². The molecular weight excluding hydrogens is 392 g/mol. The average Bonchev–Trinajstić information content (AvgIpc) is 2.25. The summed E-state index contributed by atoms with van der Waals surface area (Å²) in [6.45, 7) is 1.20. The van der Waals surface area contributed by atoms with E-state index in [-0.39, 0.29) is 167 Å². The van der Waals surface area contributed by atoms with E-state index in [1.165, 1.54) is 0 Å². The smallest absolute Gasteiger partial charge is 0.550 e. The molecule has 0 aromatic rings. The van der Waals surface area contributed by atoms with Gasteiger partial charge in [0.25, 0.3) is 0 Å². The fraction of sp³-hybridized carbons (Fsp3) is 0.727. The van der Waals surface area contributed by atoms with Gasteiger partial charge < -0.3 is 49.5 Å². The molecule has 5 nitrogen and oxygen atoms in total. The van der Waals surface area contributed by atoms with E-state index in [1.54, 1.807) is 4.90 Å². The molecule has 0 aromatic heterocycles. The molecule has 0 atom stereocenters. The molecule has 104 valence electrons. The van der Waals surface area contributed by atoms with Crippen molar-refractivity contribution >= 4 is 41.1 Å². The first kappa shape index (κ1) is 32.6. The van der Waals surface area contributed by atoms with Crippen molar-refractivity contribution in [3.8, 4) is 0 Å². The number of aliphatic carboxylic acids is 2. The standard InChI is InChI=1S/C11H19NO4S2.3K/c13-9(14)5-1-3-7-12(11(17)18)8-4-2-6-10(15)16;;;/h1-8H2,(H,13,14)(H,15,16)(H,17,18);;;/q;3*+1/p-3. The molecule has 10 heteroatoms. The van der Waals surface area contributed by atoms with Gasteiger partial charge in [-0.2, -0.15) is 0 Å². The van der Waals surface area contributed by atoms with Gasteiger partial charge in [0.2, 0.25) is 0 Å². The Kier molecular flexibility index (Phi) is 34.2. The molecule has 0 N–H and O–H groups in total. The van der Waals surface area contributed by atoms with E-state index in [1.807, 2.05) is 0 Å². The third kappa shape index (κ3) is 24.0. The normalized spacial score (nSPS) is 8.57. The Labute approximate surface area is 264 Å². The second-order valence-electron chi connectivity index (χ2n) is 3.91. The summed E-state index contributed by atoms with van der Waals surface area (Å²) in [6, 6.07) is 0. The number of nitrogens with zero attached hydrogens (tertiary/aromatic N) is 1. The van der Waals surface area contributed by atoms with Gasteiger partial charge >= 0.3 is 154 Å². The molecule has 0 saturated carbocycles. The number of hydrogen-bond donors (Lipinski definition) is 0. The maximum Gasteiger partial charge on any atom is 1.00 e. The van der Waals surface area contributed by atoms with Crippen LogP contribution < -0.4 is 164 Å². The largest absolute Gasteiger partial charge is 1.00 e. The van der Waals surface area contributed by atoms with Crippen LogP contribution in [0.2, 0.25) is 0 Å². The van der Waals surface area contributed by atoms with E-state index in [0.717, 1.165) is 0 Å². The number of rotatable bonds is 10. The van der Waals surface area contributed by atoms with Crippen molar-refractivity contribution in [2.24, 2.45) is 0 Å². The van der Waals surface area contributed by atoms with Crippen molar-refractivity contribution in [3.63, 3.8) is 0 Å². The minimum Gasteiger partial charge on any atom is -0.550 e. The zero-order valence-corrected chi connectivity index (χ0v) is 24.1. The quantitative estimate of drug-likeness (QED) is 0.154. The van der Waals surface area contributed by atoms with Crippen LogP contribution in [-0.2, 0) is 22.2 Å². The van der Waals surface area contributed by atoms with Gasteiger partial charge in [-0.1, -0.05) is 4.32 Å². The second kappa shape index (κ2) is 22.0. The topological polar surface area (TPSA) is 83.5 Å². The summed E-state index contributed by atoms with van der Waals surface area (Å²) in [5.41, 5.74) is 0. The molecule has 0 heterocycles. The molecule has 0 aliphatic carbocycles. The van der Waals surface area contributed by atoms with E-state index in [2.05, 4.69) is 0 Å².